The first kappa shape index (κ1) is 17.3. The van der Waals surface area contributed by atoms with Gasteiger partial charge in [0.15, 0.2) is 0 Å². The van der Waals surface area contributed by atoms with Crippen LogP contribution in [0.3, 0.4) is 0 Å². The van der Waals surface area contributed by atoms with Crippen LogP contribution in [0, 0.1) is 27.2 Å². The van der Waals surface area contributed by atoms with Crippen molar-refractivity contribution in [3.8, 4) is 0 Å². The highest BCUT2D eigenvalue weighted by molar-refractivity contribution is 6.31. The van der Waals surface area contributed by atoms with Crippen molar-refractivity contribution >= 4 is 34.6 Å². The fraction of sp³-hybridized carbons (Fsp3) is 0.231. The Morgan fingerprint density at radius 3 is 2.54 bits per heavy atom. The van der Waals surface area contributed by atoms with Gasteiger partial charge in [-0.2, -0.15) is 5.10 Å². The Kier molecular flexibility index (Phi) is 5.09. The number of nitrogens with one attached hydrogen (secondary N) is 1. The molecule has 1 heterocycles. The van der Waals surface area contributed by atoms with Crippen LogP contribution in [-0.2, 0) is 11.3 Å². The summed E-state index contributed by atoms with van der Waals surface area (Å²) in [6, 6.07) is 3.89. The number of hydrogen-bond donors (Lipinski definition) is 1. The monoisotopic (exact) mass is 353 g/mol. The molecule has 1 aromatic carbocycles. The van der Waals surface area contributed by atoms with Crippen molar-refractivity contribution in [1.82, 2.24) is 9.78 Å². The van der Waals surface area contributed by atoms with Crippen LogP contribution in [0.5, 0.6) is 0 Å². The molecule has 0 aliphatic carbocycles. The number of aromatic nitrogens is 2. The van der Waals surface area contributed by atoms with E-state index in [0.29, 0.717) is 0 Å². The number of nitrogens with zero attached hydrogens (tertiary/aromatic N) is 4. The molecule has 0 aliphatic heterocycles. The molecule has 1 N–H and O–H groups in total. The maximum Gasteiger partial charge on any atom is 0.309 e. The molecule has 2 aromatic rings. The molecular formula is C13H12ClN5O5. The van der Waals surface area contributed by atoms with Gasteiger partial charge in [-0.15, -0.1) is 0 Å². The van der Waals surface area contributed by atoms with Crippen molar-refractivity contribution in [3.63, 3.8) is 0 Å². The summed E-state index contributed by atoms with van der Waals surface area (Å²) < 4.78 is 1.28. The number of aryl methyl sites for hydroxylation is 2. The van der Waals surface area contributed by atoms with Crippen LogP contribution >= 0.6 is 11.6 Å². The number of amides is 1. The fourth-order valence-corrected chi connectivity index (χ4v) is 2.16. The third kappa shape index (κ3) is 4.04. The second-order valence-electron chi connectivity index (χ2n) is 4.84. The SMILES string of the molecule is Cc1nn(CCC(=O)Nc2ccc(Cl)cc2[N+](=O)[O-])cc1[N+](=O)[O-]. The molecule has 0 saturated carbocycles. The molecule has 126 valence electrons. The molecule has 24 heavy (non-hydrogen) atoms. The van der Waals surface area contributed by atoms with Crippen LogP contribution in [0.4, 0.5) is 17.1 Å². The van der Waals surface area contributed by atoms with E-state index < -0.39 is 15.8 Å². The summed E-state index contributed by atoms with van der Waals surface area (Å²) in [4.78, 5) is 32.4. The zero-order chi connectivity index (χ0) is 17.9. The summed E-state index contributed by atoms with van der Waals surface area (Å²) in [6.07, 6.45) is 1.17. The first-order valence-electron chi connectivity index (χ1n) is 6.70. The molecule has 11 heteroatoms. The van der Waals surface area contributed by atoms with Crippen molar-refractivity contribution in [2.75, 3.05) is 5.32 Å². The highest BCUT2D eigenvalue weighted by Gasteiger charge is 2.18. The van der Waals surface area contributed by atoms with Crippen molar-refractivity contribution < 1.29 is 14.6 Å². The van der Waals surface area contributed by atoms with Crippen LogP contribution in [0.15, 0.2) is 24.4 Å². The second kappa shape index (κ2) is 7.04. The fourth-order valence-electron chi connectivity index (χ4n) is 1.99. The van der Waals surface area contributed by atoms with Gasteiger partial charge in [0.1, 0.15) is 17.6 Å². The minimum absolute atomic E-state index is 0.0250. The second-order valence-corrected chi connectivity index (χ2v) is 5.27. The Balaban J connectivity index is 2.03. The molecule has 0 spiro atoms. The molecule has 2 rings (SSSR count). The quantitative estimate of drug-likeness (QED) is 0.626. The third-order valence-corrected chi connectivity index (χ3v) is 3.35. The summed E-state index contributed by atoms with van der Waals surface area (Å²) in [5, 5.41) is 28.2. The lowest BCUT2D eigenvalue weighted by Gasteiger charge is -2.06. The number of rotatable bonds is 6. The number of nitro groups is 2. The van der Waals surface area contributed by atoms with E-state index in [9.17, 15) is 25.0 Å². The summed E-state index contributed by atoms with van der Waals surface area (Å²) >= 11 is 5.70. The minimum Gasteiger partial charge on any atom is -0.320 e. The molecule has 0 saturated heterocycles. The van der Waals surface area contributed by atoms with Gasteiger partial charge in [0, 0.05) is 24.1 Å². The van der Waals surface area contributed by atoms with Gasteiger partial charge in [-0.25, -0.2) is 0 Å². The van der Waals surface area contributed by atoms with Gasteiger partial charge < -0.3 is 5.32 Å². The molecule has 0 bridgehead atoms. The Morgan fingerprint density at radius 2 is 1.96 bits per heavy atom. The predicted octanol–water partition coefficient (Wildman–Crippen LogP) is 2.69. The molecular weight excluding hydrogens is 342 g/mol. The maximum absolute atomic E-state index is 11.9. The highest BCUT2D eigenvalue weighted by atomic mass is 35.5. The summed E-state index contributed by atoms with van der Waals surface area (Å²) in [7, 11) is 0. The molecule has 10 nitrogen and oxygen atoms in total. The number of hydrogen-bond acceptors (Lipinski definition) is 6. The van der Waals surface area contributed by atoms with Crippen molar-refractivity contribution in [3.05, 3.63) is 55.3 Å². The molecule has 1 aromatic heterocycles. The van der Waals surface area contributed by atoms with Crippen LogP contribution in [0.25, 0.3) is 0 Å². The molecule has 1 amide bonds. The Bertz CT molecular complexity index is 819. The van der Waals surface area contributed by atoms with Crippen LogP contribution < -0.4 is 5.32 Å². The number of carbonyl (C=O) groups is 1. The average molecular weight is 354 g/mol. The summed E-state index contributed by atoms with van der Waals surface area (Å²) in [6.45, 7) is 1.59. The van der Waals surface area contributed by atoms with E-state index in [0.717, 1.165) is 6.07 Å². The van der Waals surface area contributed by atoms with Crippen molar-refractivity contribution in [2.45, 2.75) is 19.9 Å². The maximum atomic E-state index is 11.9. The lowest BCUT2D eigenvalue weighted by Crippen LogP contribution is -2.15. The van der Waals surface area contributed by atoms with Gasteiger partial charge in [0.2, 0.25) is 5.91 Å². The first-order chi connectivity index (χ1) is 11.3. The largest absolute Gasteiger partial charge is 0.320 e. The summed E-state index contributed by atoms with van der Waals surface area (Å²) in [5.41, 5.74) is -0.184. The van der Waals surface area contributed by atoms with Gasteiger partial charge in [-0.05, 0) is 19.1 Å². The van der Waals surface area contributed by atoms with E-state index in [1.54, 1.807) is 0 Å². The number of halogens is 1. The van der Waals surface area contributed by atoms with Gasteiger partial charge in [0.25, 0.3) is 5.69 Å². The van der Waals surface area contributed by atoms with Gasteiger partial charge in [-0.1, -0.05) is 11.6 Å². The minimum atomic E-state index is -0.651. The average Bonchev–Trinajstić information content (AvgIpc) is 2.88. The standard InChI is InChI=1S/C13H12ClN5O5/c1-8-12(19(23)24)7-17(16-8)5-4-13(20)15-10-3-2-9(14)6-11(10)18(21)22/h2-3,6-7H,4-5H2,1H3,(H,15,20). The lowest BCUT2D eigenvalue weighted by atomic mass is 10.2. The number of nitro benzene ring substituents is 1. The summed E-state index contributed by atoms with van der Waals surface area (Å²) in [5.74, 6) is -0.490. The van der Waals surface area contributed by atoms with E-state index in [2.05, 4.69) is 10.4 Å². The van der Waals surface area contributed by atoms with Crippen LogP contribution in [-0.4, -0.2) is 25.5 Å². The van der Waals surface area contributed by atoms with Crippen molar-refractivity contribution in [2.24, 2.45) is 0 Å². The van der Waals surface area contributed by atoms with Crippen LogP contribution in [0.2, 0.25) is 5.02 Å². The molecule has 0 unspecified atom stereocenters. The van der Waals surface area contributed by atoms with E-state index >= 15 is 0 Å². The lowest BCUT2D eigenvalue weighted by molar-refractivity contribution is -0.385. The topological polar surface area (TPSA) is 133 Å². The predicted molar refractivity (Wildman–Crippen MR) is 85.0 cm³/mol. The Labute approximate surface area is 140 Å². The Morgan fingerprint density at radius 1 is 1.29 bits per heavy atom. The number of benzene rings is 1. The van der Waals surface area contributed by atoms with E-state index in [1.165, 1.54) is 29.9 Å². The number of anilines is 1. The van der Waals surface area contributed by atoms with E-state index in [1.807, 2.05) is 0 Å². The number of carbonyl (C=O) groups excluding carboxylic acids is 1. The highest BCUT2D eigenvalue weighted by Crippen LogP contribution is 2.27. The Hall–Kier alpha value is -3.01. The van der Waals surface area contributed by atoms with Crippen molar-refractivity contribution in [1.29, 1.82) is 0 Å². The van der Waals surface area contributed by atoms with Gasteiger partial charge in [0.05, 0.1) is 9.85 Å². The van der Waals surface area contributed by atoms with E-state index in [4.69, 9.17) is 11.6 Å². The van der Waals surface area contributed by atoms with Gasteiger partial charge >= 0.3 is 5.69 Å². The van der Waals surface area contributed by atoms with E-state index in [-0.39, 0.29) is 40.7 Å². The molecule has 0 aliphatic rings. The zero-order valence-electron chi connectivity index (χ0n) is 12.4. The normalized spacial score (nSPS) is 10.4. The molecule has 0 fully saturated rings. The molecule has 0 radical (unpaired) electrons. The van der Waals surface area contributed by atoms with Gasteiger partial charge in [-0.3, -0.25) is 29.7 Å². The van der Waals surface area contributed by atoms with Crippen LogP contribution in [0.1, 0.15) is 12.1 Å². The zero-order valence-corrected chi connectivity index (χ0v) is 13.2. The third-order valence-electron chi connectivity index (χ3n) is 3.12. The first-order valence-corrected chi connectivity index (χ1v) is 7.08. The molecule has 0 atom stereocenters. The smallest absolute Gasteiger partial charge is 0.309 e.